The molecule has 0 fully saturated rings. The van der Waals surface area contributed by atoms with Crippen LogP contribution in [0.2, 0.25) is 10.0 Å². The Bertz CT molecular complexity index is 461. The van der Waals surface area contributed by atoms with Crippen LogP contribution in [0.5, 0.6) is 0 Å². The summed E-state index contributed by atoms with van der Waals surface area (Å²) >= 11 is 11.9. The van der Waals surface area contributed by atoms with Crippen molar-refractivity contribution in [2.45, 2.75) is 13.8 Å². The Morgan fingerprint density at radius 1 is 1.21 bits per heavy atom. The maximum atomic E-state index is 12.0. The molecule has 1 amide bonds. The minimum Gasteiger partial charge on any atom is -0.397 e. The van der Waals surface area contributed by atoms with Gasteiger partial charge >= 0.3 is 0 Å². The number of benzene rings is 1. The highest BCUT2D eigenvalue weighted by Gasteiger charge is 2.15. The Morgan fingerprint density at radius 3 is 2.26 bits per heavy atom. The topological polar surface area (TPSA) is 49.6 Å². The first-order valence-corrected chi connectivity index (χ1v) is 6.89. The van der Waals surface area contributed by atoms with Gasteiger partial charge in [0.05, 0.1) is 28.0 Å². The van der Waals surface area contributed by atoms with Gasteiger partial charge in [0, 0.05) is 20.1 Å². The van der Waals surface area contributed by atoms with Crippen LogP contribution in [0.3, 0.4) is 0 Å². The van der Waals surface area contributed by atoms with Crippen LogP contribution in [-0.4, -0.2) is 37.5 Å². The van der Waals surface area contributed by atoms with Crippen molar-refractivity contribution in [3.05, 3.63) is 22.2 Å². The van der Waals surface area contributed by atoms with Crippen LogP contribution >= 0.6 is 23.2 Å². The summed E-state index contributed by atoms with van der Waals surface area (Å²) < 4.78 is 0. The minimum absolute atomic E-state index is 0.0537. The zero-order valence-corrected chi connectivity index (χ0v) is 12.9. The number of rotatable bonds is 5. The number of carbonyl (C=O) groups is 1. The van der Waals surface area contributed by atoms with Gasteiger partial charge < -0.3 is 15.5 Å². The van der Waals surface area contributed by atoms with E-state index in [9.17, 15) is 4.79 Å². The lowest BCUT2D eigenvalue weighted by molar-refractivity contribution is -0.129. The molecule has 2 N–H and O–H groups in total. The number of halogens is 2. The van der Waals surface area contributed by atoms with Gasteiger partial charge in [-0.15, -0.1) is 0 Å². The van der Waals surface area contributed by atoms with E-state index in [1.165, 1.54) is 0 Å². The van der Waals surface area contributed by atoms with Gasteiger partial charge in [0.1, 0.15) is 0 Å². The molecule has 0 aliphatic heterocycles. The molecule has 4 nitrogen and oxygen atoms in total. The molecule has 0 unspecified atom stereocenters. The van der Waals surface area contributed by atoms with Gasteiger partial charge in [0.25, 0.3) is 0 Å². The maximum Gasteiger partial charge on any atom is 0.242 e. The largest absolute Gasteiger partial charge is 0.397 e. The second-order valence-corrected chi connectivity index (χ2v) is 5.06. The normalized spacial score (nSPS) is 10.4. The fraction of sp³-hybridized carbons (Fsp3) is 0.462. The molecule has 0 bridgehead atoms. The molecule has 0 spiro atoms. The van der Waals surface area contributed by atoms with Crippen LogP contribution in [0.15, 0.2) is 12.1 Å². The molecule has 106 valence electrons. The number of nitrogen functional groups attached to an aromatic ring is 1. The number of anilines is 2. The van der Waals surface area contributed by atoms with Crippen molar-refractivity contribution in [2.24, 2.45) is 0 Å². The van der Waals surface area contributed by atoms with Crippen molar-refractivity contribution in [2.75, 3.05) is 37.3 Å². The standard InChI is InChI=1S/C13H19Cl2N3O/c1-4-18(5-2)13(19)8-17(3)12-7-10(15)9(14)6-11(12)16/h6-7H,4-5,8,16H2,1-3H3. The summed E-state index contributed by atoms with van der Waals surface area (Å²) in [5.74, 6) is 0.0537. The van der Waals surface area contributed by atoms with E-state index in [-0.39, 0.29) is 12.5 Å². The van der Waals surface area contributed by atoms with E-state index < -0.39 is 0 Å². The quantitative estimate of drug-likeness (QED) is 0.851. The van der Waals surface area contributed by atoms with Gasteiger partial charge in [-0.25, -0.2) is 0 Å². The van der Waals surface area contributed by atoms with Crippen molar-refractivity contribution in [3.63, 3.8) is 0 Å². The number of nitrogens with two attached hydrogens (primary N) is 1. The molecule has 0 aliphatic carbocycles. The first-order valence-electron chi connectivity index (χ1n) is 6.14. The summed E-state index contributed by atoms with van der Waals surface area (Å²) in [6.45, 7) is 5.55. The monoisotopic (exact) mass is 303 g/mol. The number of nitrogens with zero attached hydrogens (tertiary/aromatic N) is 2. The zero-order chi connectivity index (χ0) is 14.6. The minimum atomic E-state index is 0.0537. The van der Waals surface area contributed by atoms with Crippen LogP contribution < -0.4 is 10.6 Å². The van der Waals surface area contributed by atoms with Gasteiger partial charge in [-0.3, -0.25) is 4.79 Å². The SMILES string of the molecule is CCN(CC)C(=O)CN(C)c1cc(Cl)c(Cl)cc1N. The van der Waals surface area contributed by atoms with Crippen LogP contribution in [0.25, 0.3) is 0 Å². The number of carbonyl (C=O) groups excluding carboxylic acids is 1. The van der Waals surface area contributed by atoms with E-state index in [4.69, 9.17) is 28.9 Å². The van der Waals surface area contributed by atoms with Crippen molar-refractivity contribution in [1.82, 2.24) is 4.90 Å². The summed E-state index contributed by atoms with van der Waals surface area (Å²) in [6, 6.07) is 3.27. The molecule has 6 heteroatoms. The summed E-state index contributed by atoms with van der Waals surface area (Å²) in [5.41, 5.74) is 7.11. The Hall–Kier alpha value is -1.13. The molecule has 1 aromatic carbocycles. The molecule has 0 aromatic heterocycles. The van der Waals surface area contributed by atoms with E-state index in [0.29, 0.717) is 34.5 Å². The summed E-state index contributed by atoms with van der Waals surface area (Å²) in [5, 5.41) is 0.833. The van der Waals surface area contributed by atoms with Gasteiger partial charge in [-0.1, -0.05) is 23.2 Å². The number of likely N-dealkylation sites (N-methyl/N-ethyl adjacent to an activating group) is 2. The lowest BCUT2D eigenvalue weighted by Gasteiger charge is -2.25. The van der Waals surface area contributed by atoms with E-state index in [1.807, 2.05) is 13.8 Å². The Morgan fingerprint density at radius 2 is 1.74 bits per heavy atom. The Kier molecular flexibility index (Phi) is 5.76. The molecule has 1 aromatic rings. The van der Waals surface area contributed by atoms with E-state index in [0.717, 1.165) is 0 Å². The van der Waals surface area contributed by atoms with Crippen molar-refractivity contribution >= 4 is 40.5 Å². The van der Waals surface area contributed by atoms with Gasteiger partial charge in [0.15, 0.2) is 0 Å². The summed E-state index contributed by atoms with van der Waals surface area (Å²) in [7, 11) is 1.80. The Balaban J connectivity index is 2.86. The molecule has 1 rings (SSSR count). The zero-order valence-electron chi connectivity index (χ0n) is 11.4. The van der Waals surface area contributed by atoms with Crippen LogP contribution in [0.4, 0.5) is 11.4 Å². The molecule has 0 heterocycles. The van der Waals surface area contributed by atoms with E-state index in [1.54, 1.807) is 29.0 Å². The van der Waals surface area contributed by atoms with Gasteiger partial charge in [0.2, 0.25) is 5.91 Å². The van der Waals surface area contributed by atoms with Crippen molar-refractivity contribution in [3.8, 4) is 0 Å². The number of amides is 1. The molecule has 0 aliphatic rings. The highest BCUT2D eigenvalue weighted by Crippen LogP contribution is 2.32. The lowest BCUT2D eigenvalue weighted by atomic mass is 10.2. The van der Waals surface area contributed by atoms with Crippen LogP contribution in [0.1, 0.15) is 13.8 Å². The molecule has 0 saturated carbocycles. The molecule has 19 heavy (non-hydrogen) atoms. The average molecular weight is 304 g/mol. The van der Waals surface area contributed by atoms with Crippen LogP contribution in [-0.2, 0) is 4.79 Å². The molecule has 0 radical (unpaired) electrons. The number of hydrogen-bond donors (Lipinski definition) is 1. The smallest absolute Gasteiger partial charge is 0.242 e. The predicted molar refractivity (Wildman–Crippen MR) is 82.1 cm³/mol. The molecule has 0 atom stereocenters. The first kappa shape index (κ1) is 15.9. The second kappa shape index (κ2) is 6.87. The summed E-state index contributed by atoms with van der Waals surface area (Å²) in [6.07, 6.45) is 0. The van der Waals surface area contributed by atoms with E-state index in [2.05, 4.69) is 0 Å². The van der Waals surface area contributed by atoms with Crippen LogP contribution in [0, 0.1) is 0 Å². The molecular weight excluding hydrogens is 285 g/mol. The fourth-order valence-electron chi connectivity index (χ4n) is 1.85. The van der Waals surface area contributed by atoms with E-state index >= 15 is 0 Å². The fourth-order valence-corrected chi connectivity index (χ4v) is 2.18. The van der Waals surface area contributed by atoms with Crippen molar-refractivity contribution in [1.29, 1.82) is 0 Å². The third-order valence-corrected chi connectivity index (χ3v) is 3.69. The Labute approximate surface area is 124 Å². The average Bonchev–Trinajstić information content (AvgIpc) is 2.35. The van der Waals surface area contributed by atoms with Gasteiger partial charge in [-0.2, -0.15) is 0 Å². The molecular formula is C13H19Cl2N3O. The predicted octanol–water partition coefficient (Wildman–Crippen LogP) is 2.88. The van der Waals surface area contributed by atoms with Crippen molar-refractivity contribution < 1.29 is 4.79 Å². The highest BCUT2D eigenvalue weighted by atomic mass is 35.5. The highest BCUT2D eigenvalue weighted by molar-refractivity contribution is 6.42. The lowest BCUT2D eigenvalue weighted by Crippen LogP contribution is -2.39. The maximum absolute atomic E-state index is 12.0. The first-order chi connectivity index (χ1) is 8.90. The molecule has 0 saturated heterocycles. The third-order valence-electron chi connectivity index (χ3n) is 2.97. The second-order valence-electron chi connectivity index (χ2n) is 4.25. The number of hydrogen-bond acceptors (Lipinski definition) is 3. The summed E-state index contributed by atoms with van der Waals surface area (Å²) in [4.78, 5) is 15.6. The third kappa shape index (κ3) is 3.91. The van der Waals surface area contributed by atoms with Gasteiger partial charge in [-0.05, 0) is 26.0 Å².